The van der Waals surface area contributed by atoms with Gasteiger partial charge in [-0.25, -0.2) is 4.79 Å². The Morgan fingerprint density at radius 2 is 1.77 bits per heavy atom. The molecular weight excluding hydrogens is 164 g/mol. The molecule has 0 saturated carbocycles. The van der Waals surface area contributed by atoms with E-state index in [1.54, 1.807) is 0 Å². The van der Waals surface area contributed by atoms with Crippen molar-refractivity contribution in [1.29, 1.82) is 0 Å². The van der Waals surface area contributed by atoms with Crippen LogP contribution in [0, 0.1) is 5.92 Å². The van der Waals surface area contributed by atoms with Gasteiger partial charge in [0.05, 0.1) is 7.11 Å². The lowest BCUT2D eigenvalue weighted by Gasteiger charge is -2.08. The number of hydrogen-bond donors (Lipinski definition) is 0. The molecule has 0 heterocycles. The van der Waals surface area contributed by atoms with Gasteiger partial charge < -0.3 is 4.74 Å². The van der Waals surface area contributed by atoms with Crippen LogP contribution in [0.5, 0.6) is 0 Å². The fourth-order valence-corrected chi connectivity index (χ4v) is 1.16. The summed E-state index contributed by atoms with van der Waals surface area (Å²) in [7, 11) is 1.38. The Bertz CT molecular complexity index is 230. The van der Waals surface area contributed by atoms with E-state index < -0.39 is 0 Å². The number of rotatable bonds is 3. The Morgan fingerprint density at radius 1 is 1.23 bits per heavy atom. The van der Waals surface area contributed by atoms with Gasteiger partial charge in [0.2, 0.25) is 0 Å². The second kappa shape index (κ2) is 5.57. The number of methoxy groups -OCH3 is 1. The van der Waals surface area contributed by atoms with Gasteiger partial charge in [-0.1, -0.05) is 25.5 Å². The number of ether oxygens (including phenoxy) is 1. The molecule has 0 amide bonds. The van der Waals surface area contributed by atoms with Gasteiger partial charge in [0.15, 0.2) is 0 Å². The van der Waals surface area contributed by atoms with Crippen LogP contribution in [0.4, 0.5) is 0 Å². The Labute approximate surface area is 80.3 Å². The third-order valence-electron chi connectivity index (χ3n) is 1.80. The van der Waals surface area contributed by atoms with Gasteiger partial charge in [-0.2, -0.15) is 0 Å². The van der Waals surface area contributed by atoms with Crippen LogP contribution < -0.4 is 0 Å². The molecular formula is C11H18O2. The molecule has 0 bridgehead atoms. The van der Waals surface area contributed by atoms with Crippen LogP contribution in [0.1, 0.15) is 27.7 Å². The largest absolute Gasteiger partial charge is 0.466 e. The summed E-state index contributed by atoms with van der Waals surface area (Å²) in [6, 6.07) is 0. The molecule has 0 spiro atoms. The quantitative estimate of drug-likeness (QED) is 0.381. The molecule has 0 radical (unpaired) electrons. The highest BCUT2D eigenvalue weighted by atomic mass is 16.5. The highest BCUT2D eigenvalue weighted by Crippen LogP contribution is 2.15. The minimum absolute atomic E-state index is 0.306. The van der Waals surface area contributed by atoms with E-state index in [1.165, 1.54) is 24.3 Å². The predicted octanol–water partition coefficient (Wildman–Crippen LogP) is 2.71. The topological polar surface area (TPSA) is 26.3 Å². The molecule has 0 aliphatic heterocycles. The van der Waals surface area contributed by atoms with E-state index in [9.17, 15) is 4.79 Å². The van der Waals surface area contributed by atoms with Crippen molar-refractivity contribution in [3.63, 3.8) is 0 Å². The molecule has 0 fully saturated rings. The number of esters is 1. The first-order chi connectivity index (χ1) is 5.99. The molecule has 0 aliphatic carbocycles. The molecule has 0 N–H and O–H groups in total. The zero-order chi connectivity index (χ0) is 10.4. The molecule has 74 valence electrons. The van der Waals surface area contributed by atoms with E-state index in [2.05, 4.69) is 18.6 Å². The first kappa shape index (κ1) is 11.9. The minimum atomic E-state index is -0.306. The van der Waals surface area contributed by atoms with E-state index in [4.69, 9.17) is 0 Å². The smallest absolute Gasteiger partial charge is 0.330 e. The number of carbonyl (C=O) groups is 1. The fraction of sp³-hybridized carbons (Fsp3) is 0.545. The third-order valence-corrected chi connectivity index (χ3v) is 1.80. The molecule has 0 aromatic heterocycles. The Morgan fingerprint density at radius 3 is 2.08 bits per heavy atom. The normalized spacial score (nSPS) is 10.6. The lowest BCUT2D eigenvalue weighted by atomic mass is 9.98. The van der Waals surface area contributed by atoms with Crippen molar-refractivity contribution in [2.45, 2.75) is 27.7 Å². The standard InChI is InChI=1S/C11H18O2/c1-8(2)10(9(3)4)6-7-11(12)13-5/h6-8H,1-5H3/b7-6+. The zero-order valence-corrected chi connectivity index (χ0v) is 9.05. The molecule has 0 saturated heterocycles. The second-order valence-electron chi connectivity index (χ2n) is 3.47. The molecule has 13 heavy (non-hydrogen) atoms. The van der Waals surface area contributed by atoms with Crippen molar-refractivity contribution in [2.75, 3.05) is 7.11 Å². The van der Waals surface area contributed by atoms with Crippen molar-refractivity contribution < 1.29 is 9.53 Å². The maximum atomic E-state index is 10.8. The molecule has 0 aromatic carbocycles. The highest BCUT2D eigenvalue weighted by molar-refractivity contribution is 5.82. The van der Waals surface area contributed by atoms with Gasteiger partial charge in [0.1, 0.15) is 0 Å². The van der Waals surface area contributed by atoms with Crippen molar-refractivity contribution >= 4 is 5.97 Å². The average Bonchev–Trinajstić information content (AvgIpc) is 2.03. The molecule has 0 unspecified atom stereocenters. The lowest BCUT2D eigenvalue weighted by Crippen LogP contribution is -1.97. The van der Waals surface area contributed by atoms with Crippen LogP contribution in [0.15, 0.2) is 23.3 Å². The molecule has 0 rings (SSSR count). The summed E-state index contributed by atoms with van der Waals surface area (Å²) < 4.78 is 4.51. The molecule has 2 heteroatoms. The van der Waals surface area contributed by atoms with Crippen LogP contribution in [0.3, 0.4) is 0 Å². The summed E-state index contributed by atoms with van der Waals surface area (Å²) in [5.41, 5.74) is 2.42. The second-order valence-corrected chi connectivity index (χ2v) is 3.47. The summed E-state index contributed by atoms with van der Waals surface area (Å²) in [5.74, 6) is 0.130. The van der Waals surface area contributed by atoms with Crippen LogP contribution in [0.25, 0.3) is 0 Å². The van der Waals surface area contributed by atoms with E-state index in [1.807, 2.05) is 19.9 Å². The van der Waals surface area contributed by atoms with Gasteiger partial charge in [-0.15, -0.1) is 0 Å². The predicted molar refractivity (Wildman–Crippen MR) is 54.4 cm³/mol. The van der Waals surface area contributed by atoms with E-state index >= 15 is 0 Å². The summed E-state index contributed by atoms with van der Waals surface area (Å²) in [4.78, 5) is 10.8. The number of allylic oxidation sites excluding steroid dienone is 3. The van der Waals surface area contributed by atoms with Crippen LogP contribution in [0.2, 0.25) is 0 Å². The summed E-state index contributed by atoms with van der Waals surface area (Å²) in [6.45, 7) is 8.28. The van der Waals surface area contributed by atoms with Gasteiger partial charge >= 0.3 is 5.97 Å². The third kappa shape index (κ3) is 4.51. The van der Waals surface area contributed by atoms with Gasteiger partial charge in [-0.3, -0.25) is 0 Å². The van der Waals surface area contributed by atoms with Crippen LogP contribution >= 0.6 is 0 Å². The Balaban J connectivity index is 4.56. The summed E-state index contributed by atoms with van der Waals surface area (Å²) in [5, 5.41) is 0. The summed E-state index contributed by atoms with van der Waals surface area (Å²) in [6.07, 6.45) is 3.29. The van der Waals surface area contributed by atoms with Gasteiger partial charge in [0, 0.05) is 6.08 Å². The highest BCUT2D eigenvalue weighted by Gasteiger charge is 2.01. The molecule has 0 atom stereocenters. The number of carbonyl (C=O) groups excluding carboxylic acids is 1. The fourth-order valence-electron chi connectivity index (χ4n) is 1.16. The Kier molecular flexibility index (Phi) is 5.12. The average molecular weight is 182 g/mol. The first-order valence-electron chi connectivity index (χ1n) is 4.42. The molecule has 2 nitrogen and oxygen atoms in total. The minimum Gasteiger partial charge on any atom is -0.466 e. The summed E-state index contributed by atoms with van der Waals surface area (Å²) >= 11 is 0. The molecule has 0 aliphatic rings. The monoisotopic (exact) mass is 182 g/mol. The maximum absolute atomic E-state index is 10.8. The van der Waals surface area contributed by atoms with Crippen molar-refractivity contribution in [3.8, 4) is 0 Å². The maximum Gasteiger partial charge on any atom is 0.330 e. The van der Waals surface area contributed by atoms with Gasteiger partial charge in [0.25, 0.3) is 0 Å². The van der Waals surface area contributed by atoms with Crippen LogP contribution in [-0.2, 0) is 9.53 Å². The van der Waals surface area contributed by atoms with E-state index in [0.717, 1.165) is 0 Å². The number of hydrogen-bond acceptors (Lipinski definition) is 2. The zero-order valence-electron chi connectivity index (χ0n) is 9.05. The Hall–Kier alpha value is -1.05. The SMILES string of the molecule is COC(=O)/C=C/C(=C(C)C)C(C)C. The first-order valence-corrected chi connectivity index (χ1v) is 4.42. The van der Waals surface area contributed by atoms with Gasteiger partial charge in [-0.05, 0) is 25.3 Å². The van der Waals surface area contributed by atoms with Crippen molar-refractivity contribution in [2.24, 2.45) is 5.92 Å². The van der Waals surface area contributed by atoms with Crippen molar-refractivity contribution in [1.82, 2.24) is 0 Å². The lowest BCUT2D eigenvalue weighted by molar-refractivity contribution is -0.134. The van der Waals surface area contributed by atoms with Crippen LogP contribution in [-0.4, -0.2) is 13.1 Å². The van der Waals surface area contributed by atoms with E-state index in [0.29, 0.717) is 5.92 Å². The van der Waals surface area contributed by atoms with E-state index in [-0.39, 0.29) is 5.97 Å². The van der Waals surface area contributed by atoms with Crippen molar-refractivity contribution in [3.05, 3.63) is 23.3 Å². The molecule has 0 aromatic rings.